The number of nitrogens with one attached hydrogen (secondary N) is 1. The van der Waals surface area contributed by atoms with Gasteiger partial charge in [0.15, 0.2) is 0 Å². The second kappa shape index (κ2) is 6.13. The van der Waals surface area contributed by atoms with Gasteiger partial charge in [0, 0.05) is 25.8 Å². The van der Waals surface area contributed by atoms with E-state index in [1.807, 2.05) is 0 Å². The van der Waals surface area contributed by atoms with Gasteiger partial charge in [-0.2, -0.15) is 0 Å². The number of hydrogen-bond acceptors (Lipinski definition) is 3. The zero-order valence-corrected chi connectivity index (χ0v) is 12.9. The van der Waals surface area contributed by atoms with Gasteiger partial charge in [-0.1, -0.05) is 13.3 Å². The number of nitrogens with zero attached hydrogens (tertiary/aromatic N) is 2. The third-order valence-electron chi connectivity index (χ3n) is 4.89. The van der Waals surface area contributed by atoms with Gasteiger partial charge in [-0.05, 0) is 61.8 Å². The fourth-order valence-electron chi connectivity index (χ4n) is 3.87. The number of rotatable bonds is 5. The summed E-state index contributed by atoms with van der Waals surface area (Å²) in [6.07, 6.45) is 7.54. The average Bonchev–Trinajstić information content (AvgIpc) is 3.00. The molecule has 1 saturated heterocycles. The van der Waals surface area contributed by atoms with Crippen molar-refractivity contribution >= 4 is 5.82 Å². The first-order chi connectivity index (χ1) is 9.78. The summed E-state index contributed by atoms with van der Waals surface area (Å²) >= 11 is 0. The molecule has 0 spiro atoms. The summed E-state index contributed by atoms with van der Waals surface area (Å²) in [6, 6.07) is 2.30. The van der Waals surface area contributed by atoms with Crippen LogP contribution in [0.4, 0.5) is 5.82 Å². The summed E-state index contributed by atoms with van der Waals surface area (Å²) in [5.74, 6) is 3.09. The first kappa shape index (κ1) is 13.9. The highest BCUT2D eigenvalue weighted by Gasteiger charge is 2.36. The molecule has 2 aliphatic rings. The Labute approximate surface area is 122 Å². The Morgan fingerprint density at radius 2 is 2.05 bits per heavy atom. The average molecular weight is 273 g/mol. The van der Waals surface area contributed by atoms with Gasteiger partial charge in [0.2, 0.25) is 0 Å². The van der Waals surface area contributed by atoms with Crippen LogP contribution in [-0.4, -0.2) is 24.6 Å². The highest BCUT2D eigenvalue weighted by atomic mass is 15.2. The minimum atomic E-state index is 0.932. The van der Waals surface area contributed by atoms with Crippen LogP contribution < -0.4 is 10.2 Å². The molecule has 1 N–H and O–H groups in total. The Hall–Kier alpha value is -1.09. The fourth-order valence-corrected chi connectivity index (χ4v) is 3.87. The lowest BCUT2D eigenvalue weighted by molar-refractivity contribution is 0.494. The van der Waals surface area contributed by atoms with Crippen LogP contribution in [0.2, 0.25) is 0 Å². The zero-order valence-electron chi connectivity index (χ0n) is 12.9. The molecule has 110 valence electrons. The Morgan fingerprint density at radius 1 is 1.30 bits per heavy atom. The molecule has 1 aliphatic carbocycles. The van der Waals surface area contributed by atoms with Crippen molar-refractivity contribution in [3.05, 3.63) is 23.4 Å². The van der Waals surface area contributed by atoms with Crippen LogP contribution >= 0.6 is 0 Å². The highest BCUT2D eigenvalue weighted by Crippen LogP contribution is 2.39. The molecule has 2 unspecified atom stereocenters. The van der Waals surface area contributed by atoms with E-state index in [-0.39, 0.29) is 0 Å². The molecule has 3 heteroatoms. The second-order valence-corrected chi connectivity index (χ2v) is 6.52. The van der Waals surface area contributed by atoms with Crippen molar-refractivity contribution < 1.29 is 0 Å². The van der Waals surface area contributed by atoms with Gasteiger partial charge in [0.25, 0.3) is 0 Å². The summed E-state index contributed by atoms with van der Waals surface area (Å²) < 4.78 is 0. The van der Waals surface area contributed by atoms with Crippen LogP contribution in [0.15, 0.2) is 12.3 Å². The fraction of sp³-hybridized carbons (Fsp3) is 0.706. The number of anilines is 1. The van der Waals surface area contributed by atoms with Crippen LogP contribution in [0.1, 0.15) is 43.7 Å². The molecule has 0 radical (unpaired) electrons. The van der Waals surface area contributed by atoms with Crippen molar-refractivity contribution in [2.24, 2.45) is 11.8 Å². The number of fused-ring (bicyclic) bond motifs is 1. The maximum atomic E-state index is 4.75. The molecule has 20 heavy (non-hydrogen) atoms. The Balaban J connectivity index is 1.65. The number of aryl methyl sites for hydroxylation is 1. The molecule has 2 fully saturated rings. The van der Waals surface area contributed by atoms with Crippen LogP contribution in [0.25, 0.3) is 0 Å². The van der Waals surface area contributed by atoms with Crippen LogP contribution in [-0.2, 0) is 6.54 Å². The van der Waals surface area contributed by atoms with Crippen molar-refractivity contribution in [1.82, 2.24) is 10.3 Å². The van der Waals surface area contributed by atoms with E-state index in [9.17, 15) is 0 Å². The topological polar surface area (TPSA) is 28.2 Å². The molecule has 2 atom stereocenters. The number of pyridine rings is 1. The first-order valence-electron chi connectivity index (χ1n) is 8.19. The molecule has 1 aromatic rings. The monoisotopic (exact) mass is 273 g/mol. The van der Waals surface area contributed by atoms with Gasteiger partial charge in [-0.3, -0.25) is 0 Å². The molecule has 0 bridgehead atoms. The second-order valence-electron chi connectivity index (χ2n) is 6.52. The molecule has 3 rings (SSSR count). The van der Waals surface area contributed by atoms with Crippen molar-refractivity contribution in [3.8, 4) is 0 Å². The Bertz CT molecular complexity index is 446. The van der Waals surface area contributed by atoms with E-state index in [4.69, 9.17) is 4.98 Å². The third-order valence-corrected chi connectivity index (χ3v) is 4.89. The quantitative estimate of drug-likeness (QED) is 0.835. The van der Waals surface area contributed by atoms with E-state index in [1.54, 1.807) is 0 Å². The summed E-state index contributed by atoms with van der Waals surface area (Å²) in [6.45, 7) is 8.88. The SMILES string of the molecule is CCCNCc1cnc(N2CC3CCCC3C2)c(C)c1. The molecule has 1 aromatic heterocycles. The van der Waals surface area contributed by atoms with Gasteiger partial charge in [0.05, 0.1) is 0 Å². The minimum Gasteiger partial charge on any atom is -0.356 e. The lowest BCUT2D eigenvalue weighted by atomic mass is 10.0. The van der Waals surface area contributed by atoms with E-state index in [0.29, 0.717) is 0 Å². The van der Waals surface area contributed by atoms with Gasteiger partial charge >= 0.3 is 0 Å². The molecule has 1 saturated carbocycles. The van der Waals surface area contributed by atoms with E-state index in [0.717, 1.165) is 24.9 Å². The normalized spacial score (nSPS) is 25.2. The molecule has 0 amide bonds. The van der Waals surface area contributed by atoms with Gasteiger partial charge < -0.3 is 10.2 Å². The van der Waals surface area contributed by atoms with E-state index in [2.05, 4.69) is 36.3 Å². The van der Waals surface area contributed by atoms with Crippen molar-refractivity contribution in [2.75, 3.05) is 24.5 Å². The summed E-state index contributed by atoms with van der Waals surface area (Å²) in [7, 11) is 0. The smallest absolute Gasteiger partial charge is 0.131 e. The summed E-state index contributed by atoms with van der Waals surface area (Å²) in [4.78, 5) is 7.27. The lowest BCUT2D eigenvalue weighted by Gasteiger charge is -2.21. The number of aromatic nitrogens is 1. The van der Waals surface area contributed by atoms with Gasteiger partial charge in [-0.15, -0.1) is 0 Å². The Kier molecular flexibility index (Phi) is 4.25. The molecule has 2 heterocycles. The summed E-state index contributed by atoms with van der Waals surface area (Å²) in [5, 5.41) is 3.45. The molecule has 3 nitrogen and oxygen atoms in total. The molecule has 0 aromatic carbocycles. The molecule has 1 aliphatic heterocycles. The third kappa shape index (κ3) is 2.83. The van der Waals surface area contributed by atoms with Crippen molar-refractivity contribution in [3.63, 3.8) is 0 Å². The van der Waals surface area contributed by atoms with Crippen LogP contribution in [0.3, 0.4) is 0 Å². The van der Waals surface area contributed by atoms with E-state index in [1.165, 1.54) is 55.7 Å². The largest absolute Gasteiger partial charge is 0.356 e. The van der Waals surface area contributed by atoms with Gasteiger partial charge in [0.1, 0.15) is 5.82 Å². The number of hydrogen-bond donors (Lipinski definition) is 1. The van der Waals surface area contributed by atoms with Crippen LogP contribution in [0, 0.1) is 18.8 Å². The van der Waals surface area contributed by atoms with Crippen molar-refractivity contribution in [1.29, 1.82) is 0 Å². The first-order valence-corrected chi connectivity index (χ1v) is 8.19. The molecular weight excluding hydrogens is 246 g/mol. The molecular formula is C17H27N3. The predicted molar refractivity (Wildman–Crippen MR) is 84.0 cm³/mol. The highest BCUT2D eigenvalue weighted by molar-refractivity contribution is 5.48. The maximum absolute atomic E-state index is 4.75. The lowest BCUT2D eigenvalue weighted by Crippen LogP contribution is -2.23. The standard InChI is InChI=1S/C17H27N3/c1-3-7-18-9-14-8-13(2)17(19-10-14)20-11-15-5-4-6-16(15)12-20/h8,10,15-16,18H,3-7,9,11-12H2,1-2H3. The minimum absolute atomic E-state index is 0.932. The van der Waals surface area contributed by atoms with E-state index < -0.39 is 0 Å². The predicted octanol–water partition coefficient (Wildman–Crippen LogP) is 3.13. The zero-order chi connectivity index (χ0) is 13.9. The maximum Gasteiger partial charge on any atom is 0.131 e. The van der Waals surface area contributed by atoms with Crippen LogP contribution in [0.5, 0.6) is 0 Å². The van der Waals surface area contributed by atoms with E-state index >= 15 is 0 Å². The summed E-state index contributed by atoms with van der Waals surface area (Å²) in [5.41, 5.74) is 2.64. The van der Waals surface area contributed by atoms with Crippen molar-refractivity contribution in [2.45, 2.75) is 46.1 Å². The van der Waals surface area contributed by atoms with Gasteiger partial charge in [-0.25, -0.2) is 4.98 Å². The Morgan fingerprint density at radius 3 is 2.70 bits per heavy atom.